The van der Waals surface area contributed by atoms with E-state index in [0.29, 0.717) is 32.2 Å². The molecule has 0 heterocycles. The van der Waals surface area contributed by atoms with Crippen molar-refractivity contribution < 1.29 is 9.59 Å². The summed E-state index contributed by atoms with van der Waals surface area (Å²) in [5.41, 5.74) is 1.49. The average molecular weight is 476 g/mol. The van der Waals surface area contributed by atoms with Crippen LogP contribution in [0.5, 0.6) is 0 Å². The van der Waals surface area contributed by atoms with Gasteiger partial charge in [0, 0.05) is 13.1 Å². The SMILES string of the molecule is CCCNC(=O)[C@@H](C)N(Cc1ccc(Cl)c(Cl)c1)C(=O)Cc1ccc(Cl)c(Cl)c1. The first kappa shape index (κ1) is 23.8. The van der Waals surface area contributed by atoms with Crippen LogP contribution >= 0.6 is 46.4 Å². The van der Waals surface area contributed by atoms with E-state index in [-0.39, 0.29) is 24.8 Å². The van der Waals surface area contributed by atoms with E-state index < -0.39 is 6.04 Å². The number of hydrogen-bond acceptors (Lipinski definition) is 2. The van der Waals surface area contributed by atoms with Crippen molar-refractivity contribution in [1.82, 2.24) is 10.2 Å². The van der Waals surface area contributed by atoms with Crippen molar-refractivity contribution in [1.29, 1.82) is 0 Å². The average Bonchev–Trinajstić information content (AvgIpc) is 2.69. The maximum absolute atomic E-state index is 13.1. The summed E-state index contributed by atoms with van der Waals surface area (Å²) in [5, 5.41) is 4.45. The van der Waals surface area contributed by atoms with Crippen LogP contribution in [-0.2, 0) is 22.6 Å². The zero-order valence-electron chi connectivity index (χ0n) is 16.1. The molecule has 2 amide bonds. The monoisotopic (exact) mass is 474 g/mol. The van der Waals surface area contributed by atoms with Gasteiger partial charge in [0.2, 0.25) is 11.8 Å². The molecule has 2 aromatic rings. The lowest BCUT2D eigenvalue weighted by atomic mass is 10.1. The summed E-state index contributed by atoms with van der Waals surface area (Å²) in [6.07, 6.45) is 0.895. The van der Waals surface area contributed by atoms with E-state index in [1.807, 2.05) is 6.92 Å². The van der Waals surface area contributed by atoms with Crippen LogP contribution in [0.15, 0.2) is 36.4 Å². The molecule has 0 unspecified atom stereocenters. The fraction of sp³-hybridized carbons (Fsp3) is 0.333. The second kappa shape index (κ2) is 11.1. The van der Waals surface area contributed by atoms with Gasteiger partial charge in [-0.1, -0.05) is 65.5 Å². The van der Waals surface area contributed by atoms with E-state index in [9.17, 15) is 9.59 Å². The Hall–Kier alpha value is -1.46. The van der Waals surface area contributed by atoms with Crippen LogP contribution in [0.25, 0.3) is 0 Å². The minimum Gasteiger partial charge on any atom is -0.354 e. The van der Waals surface area contributed by atoms with Crippen LogP contribution in [-0.4, -0.2) is 29.3 Å². The van der Waals surface area contributed by atoms with E-state index in [0.717, 1.165) is 12.0 Å². The molecule has 0 saturated heterocycles. The molecule has 4 nitrogen and oxygen atoms in total. The number of halogens is 4. The maximum atomic E-state index is 13.1. The van der Waals surface area contributed by atoms with E-state index >= 15 is 0 Å². The first-order valence-electron chi connectivity index (χ1n) is 9.18. The maximum Gasteiger partial charge on any atom is 0.242 e. The van der Waals surface area contributed by atoms with Crippen molar-refractivity contribution >= 4 is 58.2 Å². The highest BCUT2D eigenvalue weighted by molar-refractivity contribution is 6.42. The summed E-state index contributed by atoms with van der Waals surface area (Å²) in [6.45, 7) is 4.44. The molecule has 0 fully saturated rings. The summed E-state index contributed by atoms with van der Waals surface area (Å²) in [7, 11) is 0. The molecule has 0 bridgehead atoms. The smallest absolute Gasteiger partial charge is 0.242 e. The van der Waals surface area contributed by atoms with Crippen molar-refractivity contribution in [3.63, 3.8) is 0 Å². The molecule has 0 radical (unpaired) electrons. The number of nitrogens with one attached hydrogen (secondary N) is 1. The third-order valence-electron chi connectivity index (χ3n) is 4.39. The predicted octanol–water partition coefficient (Wildman–Crippen LogP) is 5.79. The molecular weight excluding hydrogens is 454 g/mol. The highest BCUT2D eigenvalue weighted by atomic mass is 35.5. The number of benzene rings is 2. The van der Waals surface area contributed by atoms with Crippen LogP contribution in [0.2, 0.25) is 20.1 Å². The van der Waals surface area contributed by atoms with Gasteiger partial charge in [-0.25, -0.2) is 0 Å². The molecule has 1 atom stereocenters. The quantitative estimate of drug-likeness (QED) is 0.525. The van der Waals surface area contributed by atoms with Crippen molar-refractivity contribution in [3.05, 3.63) is 67.6 Å². The molecule has 0 aliphatic rings. The summed E-state index contributed by atoms with van der Waals surface area (Å²) in [4.78, 5) is 27.1. The van der Waals surface area contributed by atoms with Crippen molar-refractivity contribution in [2.24, 2.45) is 0 Å². The van der Waals surface area contributed by atoms with Gasteiger partial charge >= 0.3 is 0 Å². The Bertz CT molecular complexity index is 889. The Morgan fingerprint density at radius 1 is 0.931 bits per heavy atom. The van der Waals surface area contributed by atoms with E-state index in [4.69, 9.17) is 46.4 Å². The van der Waals surface area contributed by atoms with Gasteiger partial charge in [0.15, 0.2) is 0 Å². The molecule has 29 heavy (non-hydrogen) atoms. The van der Waals surface area contributed by atoms with Crippen molar-refractivity contribution in [2.75, 3.05) is 6.54 Å². The number of rotatable bonds is 8. The Morgan fingerprint density at radius 2 is 1.48 bits per heavy atom. The Morgan fingerprint density at radius 3 is 2.03 bits per heavy atom. The summed E-state index contributed by atoms with van der Waals surface area (Å²) < 4.78 is 0. The van der Waals surface area contributed by atoms with Crippen molar-refractivity contribution in [2.45, 2.75) is 39.3 Å². The van der Waals surface area contributed by atoms with Gasteiger partial charge in [-0.3, -0.25) is 9.59 Å². The molecule has 1 N–H and O–H groups in total. The number of nitrogens with zero attached hydrogens (tertiary/aromatic N) is 1. The lowest BCUT2D eigenvalue weighted by Crippen LogP contribution is -2.48. The van der Waals surface area contributed by atoms with Crippen LogP contribution < -0.4 is 5.32 Å². The highest BCUT2D eigenvalue weighted by Gasteiger charge is 2.26. The number of carbonyl (C=O) groups is 2. The Labute approximate surface area is 191 Å². The predicted molar refractivity (Wildman–Crippen MR) is 120 cm³/mol. The number of carbonyl (C=O) groups excluding carboxylic acids is 2. The van der Waals surface area contributed by atoms with Gasteiger partial charge in [-0.15, -0.1) is 0 Å². The Kier molecular flexibility index (Phi) is 9.09. The topological polar surface area (TPSA) is 49.4 Å². The Balaban J connectivity index is 2.26. The van der Waals surface area contributed by atoms with Gasteiger partial charge in [-0.2, -0.15) is 0 Å². The first-order chi connectivity index (χ1) is 13.7. The van der Waals surface area contributed by atoms with Crippen LogP contribution in [0.4, 0.5) is 0 Å². The van der Waals surface area contributed by atoms with Crippen LogP contribution in [0, 0.1) is 0 Å². The molecule has 156 valence electrons. The third-order valence-corrected chi connectivity index (χ3v) is 5.87. The first-order valence-corrected chi connectivity index (χ1v) is 10.7. The van der Waals surface area contributed by atoms with E-state index in [2.05, 4.69) is 5.32 Å². The lowest BCUT2D eigenvalue weighted by Gasteiger charge is -2.29. The molecule has 0 spiro atoms. The second-order valence-electron chi connectivity index (χ2n) is 6.66. The molecule has 0 aliphatic heterocycles. The molecular formula is C21H22Cl4N2O2. The van der Waals surface area contributed by atoms with Gasteiger partial charge < -0.3 is 10.2 Å². The van der Waals surface area contributed by atoms with Crippen LogP contribution in [0.3, 0.4) is 0 Å². The third kappa shape index (κ3) is 6.78. The minimum atomic E-state index is -0.661. The standard InChI is InChI=1S/C21H22Cl4N2O2/c1-3-8-26-21(29)13(2)27(12-15-5-7-17(23)19(25)10-15)20(28)11-14-4-6-16(22)18(24)9-14/h4-7,9-10,13H,3,8,11-12H2,1-2H3,(H,26,29)/t13-/m1/s1. The van der Waals surface area contributed by atoms with Gasteiger partial charge in [0.1, 0.15) is 6.04 Å². The fourth-order valence-corrected chi connectivity index (χ4v) is 3.38. The summed E-state index contributed by atoms with van der Waals surface area (Å²) in [5.74, 6) is -0.428. The zero-order chi connectivity index (χ0) is 21.6. The van der Waals surface area contributed by atoms with Crippen LogP contribution in [0.1, 0.15) is 31.4 Å². The molecule has 0 aromatic heterocycles. The molecule has 2 rings (SSSR count). The minimum absolute atomic E-state index is 0.0869. The van der Waals surface area contributed by atoms with E-state index in [1.54, 1.807) is 43.3 Å². The molecule has 2 aromatic carbocycles. The van der Waals surface area contributed by atoms with Gasteiger partial charge in [0.05, 0.1) is 26.5 Å². The number of hydrogen-bond donors (Lipinski definition) is 1. The fourth-order valence-electron chi connectivity index (χ4n) is 2.74. The molecule has 0 saturated carbocycles. The van der Waals surface area contributed by atoms with Gasteiger partial charge in [0.25, 0.3) is 0 Å². The van der Waals surface area contributed by atoms with E-state index in [1.165, 1.54) is 4.90 Å². The highest BCUT2D eigenvalue weighted by Crippen LogP contribution is 2.25. The zero-order valence-corrected chi connectivity index (χ0v) is 19.2. The largest absolute Gasteiger partial charge is 0.354 e. The second-order valence-corrected chi connectivity index (χ2v) is 8.29. The molecule has 8 heteroatoms. The van der Waals surface area contributed by atoms with Crippen molar-refractivity contribution in [3.8, 4) is 0 Å². The summed E-state index contributed by atoms with van der Waals surface area (Å²) >= 11 is 24.1. The summed E-state index contributed by atoms with van der Waals surface area (Å²) in [6, 6.07) is 9.53. The normalized spacial score (nSPS) is 11.8. The van der Waals surface area contributed by atoms with Gasteiger partial charge in [-0.05, 0) is 48.7 Å². The lowest BCUT2D eigenvalue weighted by molar-refractivity contribution is -0.140. The number of amides is 2. The molecule has 0 aliphatic carbocycles.